The van der Waals surface area contributed by atoms with Crippen molar-refractivity contribution < 1.29 is 4.79 Å². The van der Waals surface area contributed by atoms with Gasteiger partial charge in [-0.25, -0.2) is 5.84 Å². The van der Waals surface area contributed by atoms with E-state index in [-0.39, 0.29) is 5.91 Å². The molecule has 2 heterocycles. The zero-order valence-corrected chi connectivity index (χ0v) is 11.1. The summed E-state index contributed by atoms with van der Waals surface area (Å²) in [4.78, 5) is 15.8. The Bertz CT molecular complexity index is 416. The average Bonchev–Trinajstić information content (AvgIpc) is 2.86. The van der Waals surface area contributed by atoms with Crippen molar-refractivity contribution in [2.75, 3.05) is 13.1 Å². The Labute approximate surface area is 106 Å². The molecule has 17 heavy (non-hydrogen) atoms. The normalized spacial score (nSPS) is 20.8. The number of nitrogen functional groups attached to an aromatic ring is 1. The monoisotopic (exact) mass is 253 g/mol. The van der Waals surface area contributed by atoms with E-state index in [0.29, 0.717) is 4.88 Å². The number of likely N-dealkylation sites (tertiary alicyclic amines) is 1. The number of carbonyl (C=O) groups excluding carboxylic acids is 1. The van der Waals surface area contributed by atoms with Crippen molar-refractivity contribution in [2.45, 2.75) is 26.8 Å². The van der Waals surface area contributed by atoms with E-state index in [1.54, 1.807) is 0 Å². The molecule has 4 nitrogen and oxygen atoms in total. The molecule has 0 bridgehead atoms. The lowest BCUT2D eigenvalue weighted by molar-refractivity contribution is 0.0957. The first-order chi connectivity index (χ1) is 8.10. The Balaban J connectivity index is 2.06. The first kappa shape index (κ1) is 12.5. The maximum atomic E-state index is 11.4. The maximum absolute atomic E-state index is 11.4. The fourth-order valence-electron chi connectivity index (χ4n) is 2.27. The van der Waals surface area contributed by atoms with E-state index < -0.39 is 0 Å². The lowest BCUT2D eigenvalue weighted by Crippen LogP contribution is -2.29. The predicted octanol–water partition coefficient (Wildman–Crippen LogP) is 1.50. The number of hydrazine groups is 1. The number of thiophene rings is 1. The molecule has 1 unspecified atom stereocenters. The van der Waals surface area contributed by atoms with E-state index in [1.807, 2.05) is 6.07 Å². The van der Waals surface area contributed by atoms with Gasteiger partial charge in [-0.1, -0.05) is 6.92 Å². The molecule has 0 spiro atoms. The van der Waals surface area contributed by atoms with Gasteiger partial charge in [0.2, 0.25) is 0 Å². The van der Waals surface area contributed by atoms with Gasteiger partial charge in [-0.3, -0.25) is 15.1 Å². The molecule has 5 heteroatoms. The lowest BCUT2D eigenvalue weighted by Gasteiger charge is -2.14. The van der Waals surface area contributed by atoms with E-state index in [1.165, 1.54) is 28.2 Å². The fraction of sp³-hybridized carbons (Fsp3) is 0.583. The highest BCUT2D eigenvalue weighted by molar-refractivity contribution is 7.14. The van der Waals surface area contributed by atoms with Crippen molar-refractivity contribution in [3.8, 4) is 0 Å². The molecule has 2 rings (SSSR count). The van der Waals surface area contributed by atoms with Crippen molar-refractivity contribution in [2.24, 2.45) is 11.8 Å². The molecule has 1 atom stereocenters. The van der Waals surface area contributed by atoms with Crippen LogP contribution in [0.3, 0.4) is 0 Å². The summed E-state index contributed by atoms with van der Waals surface area (Å²) < 4.78 is 0. The Morgan fingerprint density at radius 3 is 3.06 bits per heavy atom. The van der Waals surface area contributed by atoms with Gasteiger partial charge in [0.15, 0.2) is 0 Å². The van der Waals surface area contributed by atoms with E-state index in [4.69, 9.17) is 5.84 Å². The van der Waals surface area contributed by atoms with Gasteiger partial charge in [0.25, 0.3) is 5.91 Å². The molecule has 1 saturated heterocycles. The number of hydrogen-bond acceptors (Lipinski definition) is 4. The fourth-order valence-corrected chi connectivity index (χ4v) is 3.21. The van der Waals surface area contributed by atoms with Crippen LogP contribution < -0.4 is 11.3 Å². The summed E-state index contributed by atoms with van der Waals surface area (Å²) in [5.74, 6) is 5.74. The minimum atomic E-state index is -0.195. The third-order valence-corrected chi connectivity index (χ3v) is 4.37. The molecule has 0 radical (unpaired) electrons. The molecule has 1 amide bonds. The zero-order chi connectivity index (χ0) is 12.4. The van der Waals surface area contributed by atoms with Crippen LogP contribution in [0.15, 0.2) is 6.07 Å². The van der Waals surface area contributed by atoms with Crippen molar-refractivity contribution in [1.82, 2.24) is 10.3 Å². The van der Waals surface area contributed by atoms with Gasteiger partial charge >= 0.3 is 0 Å². The van der Waals surface area contributed by atoms with Gasteiger partial charge in [-0.2, -0.15) is 0 Å². The van der Waals surface area contributed by atoms with Gasteiger partial charge in [0, 0.05) is 18.0 Å². The Morgan fingerprint density at radius 2 is 2.47 bits per heavy atom. The standard InChI is InChI=1S/C12H19N3OS/c1-8-3-4-15(6-8)7-10-5-11(12(16)14-13)17-9(10)2/h5,8H,3-4,6-7,13H2,1-2H3,(H,14,16). The highest BCUT2D eigenvalue weighted by Crippen LogP contribution is 2.25. The molecule has 1 aromatic heterocycles. The number of nitrogens with zero attached hydrogens (tertiary/aromatic N) is 1. The minimum Gasteiger partial charge on any atom is -0.299 e. The summed E-state index contributed by atoms with van der Waals surface area (Å²) in [6, 6.07) is 1.96. The van der Waals surface area contributed by atoms with Gasteiger partial charge in [0.05, 0.1) is 4.88 Å². The molecule has 0 aromatic carbocycles. The van der Waals surface area contributed by atoms with Gasteiger partial charge < -0.3 is 0 Å². The second kappa shape index (κ2) is 5.16. The minimum absolute atomic E-state index is 0.195. The third kappa shape index (κ3) is 2.86. The average molecular weight is 253 g/mol. The highest BCUT2D eigenvalue weighted by Gasteiger charge is 2.20. The van der Waals surface area contributed by atoms with Gasteiger partial charge in [0.1, 0.15) is 0 Å². The summed E-state index contributed by atoms with van der Waals surface area (Å²) >= 11 is 1.51. The van der Waals surface area contributed by atoms with Crippen LogP contribution in [-0.2, 0) is 6.54 Å². The van der Waals surface area contributed by atoms with Crippen molar-refractivity contribution in [3.05, 3.63) is 21.4 Å². The lowest BCUT2D eigenvalue weighted by atomic mass is 10.2. The van der Waals surface area contributed by atoms with E-state index in [2.05, 4.69) is 24.2 Å². The van der Waals surface area contributed by atoms with Crippen molar-refractivity contribution >= 4 is 17.2 Å². The van der Waals surface area contributed by atoms with Gasteiger partial charge in [-0.15, -0.1) is 11.3 Å². The molecule has 1 aliphatic rings. The van der Waals surface area contributed by atoms with Crippen LogP contribution in [0, 0.1) is 12.8 Å². The largest absolute Gasteiger partial charge is 0.299 e. The second-order valence-corrected chi connectivity index (χ2v) is 6.05. The van der Waals surface area contributed by atoms with E-state index >= 15 is 0 Å². The van der Waals surface area contributed by atoms with Crippen molar-refractivity contribution in [1.29, 1.82) is 0 Å². The molecular weight excluding hydrogens is 234 g/mol. The predicted molar refractivity (Wildman–Crippen MR) is 69.8 cm³/mol. The summed E-state index contributed by atoms with van der Waals surface area (Å²) in [5, 5.41) is 0. The van der Waals surface area contributed by atoms with Crippen molar-refractivity contribution in [3.63, 3.8) is 0 Å². The number of aryl methyl sites for hydroxylation is 1. The highest BCUT2D eigenvalue weighted by atomic mass is 32.1. The topological polar surface area (TPSA) is 58.4 Å². The van der Waals surface area contributed by atoms with Crippen LogP contribution in [-0.4, -0.2) is 23.9 Å². The third-order valence-electron chi connectivity index (χ3n) is 3.28. The first-order valence-corrected chi connectivity index (χ1v) is 6.74. The molecule has 1 aliphatic heterocycles. The number of carbonyl (C=O) groups is 1. The van der Waals surface area contributed by atoms with Crippen LogP contribution in [0.25, 0.3) is 0 Å². The first-order valence-electron chi connectivity index (χ1n) is 5.92. The molecule has 0 aliphatic carbocycles. The SMILES string of the molecule is Cc1sc(C(=O)NN)cc1CN1CCC(C)C1. The Hall–Kier alpha value is -0.910. The number of nitrogens with one attached hydrogen (secondary N) is 1. The van der Waals surface area contributed by atoms with E-state index in [0.717, 1.165) is 25.6 Å². The molecule has 3 N–H and O–H groups in total. The number of nitrogens with two attached hydrogens (primary N) is 1. The van der Waals surface area contributed by atoms with Gasteiger partial charge in [-0.05, 0) is 37.4 Å². The second-order valence-electron chi connectivity index (χ2n) is 4.79. The van der Waals surface area contributed by atoms with Crippen LogP contribution >= 0.6 is 11.3 Å². The number of hydrogen-bond donors (Lipinski definition) is 2. The smallest absolute Gasteiger partial charge is 0.275 e. The Kier molecular flexibility index (Phi) is 3.81. The van der Waals surface area contributed by atoms with Crippen LogP contribution in [0.1, 0.15) is 33.5 Å². The summed E-state index contributed by atoms with van der Waals surface area (Å²) in [7, 11) is 0. The molecular formula is C12H19N3OS. The zero-order valence-electron chi connectivity index (χ0n) is 10.3. The quantitative estimate of drug-likeness (QED) is 0.487. The molecule has 94 valence electrons. The van der Waals surface area contributed by atoms with Crippen LogP contribution in [0.5, 0.6) is 0 Å². The number of amides is 1. The number of rotatable bonds is 3. The van der Waals surface area contributed by atoms with Crippen LogP contribution in [0.4, 0.5) is 0 Å². The Morgan fingerprint density at radius 1 is 1.71 bits per heavy atom. The van der Waals surface area contributed by atoms with Crippen LogP contribution in [0.2, 0.25) is 0 Å². The summed E-state index contributed by atoms with van der Waals surface area (Å²) in [5.41, 5.74) is 3.43. The summed E-state index contributed by atoms with van der Waals surface area (Å²) in [6.07, 6.45) is 1.28. The molecule has 1 aromatic rings. The molecule has 1 fully saturated rings. The summed E-state index contributed by atoms with van der Waals surface area (Å²) in [6.45, 7) is 7.62. The van der Waals surface area contributed by atoms with E-state index in [9.17, 15) is 4.79 Å². The maximum Gasteiger partial charge on any atom is 0.275 e. The molecule has 0 saturated carbocycles.